The van der Waals surface area contributed by atoms with E-state index >= 15 is 0 Å². The van der Waals surface area contributed by atoms with Gasteiger partial charge in [-0.15, -0.1) is 0 Å². The third-order valence-electron chi connectivity index (χ3n) is 7.60. The van der Waals surface area contributed by atoms with Crippen LogP contribution in [0.4, 0.5) is 0 Å². The Labute approximate surface area is 216 Å². The Kier molecular flexibility index (Phi) is 12.6. The zero-order valence-electron chi connectivity index (χ0n) is 22.4. The van der Waals surface area contributed by atoms with Crippen molar-refractivity contribution >= 4 is 0 Å². The fourth-order valence-corrected chi connectivity index (χ4v) is 5.19. The smallest absolute Gasteiger partial charge is 0.0249 e. The lowest BCUT2D eigenvalue weighted by Crippen LogP contribution is -2.15. The first kappa shape index (κ1) is 27.2. The molecule has 0 unspecified atom stereocenters. The quantitative estimate of drug-likeness (QED) is 0.228. The second kappa shape index (κ2) is 16.3. The predicted molar refractivity (Wildman–Crippen MR) is 152 cm³/mol. The molecule has 0 bridgehead atoms. The first-order valence-electron chi connectivity index (χ1n) is 14.5. The molecule has 0 N–H and O–H groups in total. The van der Waals surface area contributed by atoms with Crippen LogP contribution in [0.3, 0.4) is 0 Å². The Morgan fingerprint density at radius 2 is 1.09 bits per heavy atom. The minimum atomic E-state index is 0.936. The molecule has 0 aliphatic heterocycles. The molecule has 2 aromatic carbocycles. The summed E-state index contributed by atoms with van der Waals surface area (Å²) in [6.45, 7) is 4.57. The number of hydrogen-bond donors (Lipinski definition) is 0. The van der Waals surface area contributed by atoms with Crippen LogP contribution in [0.1, 0.15) is 126 Å². The van der Waals surface area contributed by atoms with Gasteiger partial charge in [0, 0.05) is 23.1 Å². The lowest BCUT2D eigenvalue weighted by atomic mass is 9.78. The summed E-state index contributed by atoms with van der Waals surface area (Å²) < 4.78 is 0. The van der Waals surface area contributed by atoms with Crippen molar-refractivity contribution in [2.45, 2.75) is 110 Å². The summed E-state index contributed by atoms with van der Waals surface area (Å²) in [6.07, 6.45) is 20.1. The Morgan fingerprint density at radius 3 is 1.69 bits per heavy atom. The van der Waals surface area contributed by atoms with E-state index in [1.54, 1.807) is 0 Å². The molecule has 2 aromatic rings. The number of hydrogen-bond acceptors (Lipinski definition) is 0. The number of rotatable bonds is 11. The third kappa shape index (κ3) is 10.8. The molecule has 0 heterocycles. The summed E-state index contributed by atoms with van der Waals surface area (Å²) in [5.74, 6) is 15.2. The van der Waals surface area contributed by atoms with Crippen molar-refractivity contribution in [3.8, 4) is 23.7 Å². The Bertz CT molecular complexity index is 947. The average molecular weight is 467 g/mol. The van der Waals surface area contributed by atoms with Crippen molar-refractivity contribution in [1.29, 1.82) is 0 Å². The molecular formula is C35H46. The van der Waals surface area contributed by atoms with Crippen molar-refractivity contribution in [2.75, 3.05) is 0 Å². The molecule has 0 saturated heterocycles. The number of aryl methyl sites for hydroxylation is 1. The Hall–Kier alpha value is -2.44. The van der Waals surface area contributed by atoms with E-state index < -0.39 is 0 Å². The summed E-state index contributed by atoms with van der Waals surface area (Å²) >= 11 is 0. The van der Waals surface area contributed by atoms with Gasteiger partial charge in [-0.2, -0.15) is 0 Å². The summed E-state index contributed by atoms with van der Waals surface area (Å²) in [5, 5.41) is 0. The van der Waals surface area contributed by atoms with Crippen LogP contribution < -0.4 is 0 Å². The van der Waals surface area contributed by atoms with Gasteiger partial charge >= 0.3 is 0 Å². The lowest BCUT2D eigenvalue weighted by molar-refractivity contribution is 0.250. The van der Waals surface area contributed by atoms with Crippen molar-refractivity contribution < 1.29 is 0 Å². The second-order valence-corrected chi connectivity index (χ2v) is 10.6. The number of benzene rings is 2. The van der Waals surface area contributed by atoms with Crippen LogP contribution in [0, 0.1) is 35.5 Å². The maximum absolute atomic E-state index is 3.33. The fourth-order valence-electron chi connectivity index (χ4n) is 5.19. The standard InChI is InChI=1S/C35H46/c1-3-5-7-8-9-10-11-13-31-16-20-33(21-17-31)23-25-35-28-26-34(27-29-35)24-22-32-18-14-30(15-19-32)12-6-4-2/h16-17,20-21,26-30,32H,3-10,12,14-15,18-19,22,24H2,1-2H3. The molecule has 1 aliphatic carbocycles. The van der Waals surface area contributed by atoms with Crippen LogP contribution >= 0.6 is 0 Å². The van der Waals surface area contributed by atoms with E-state index in [1.165, 1.54) is 95.5 Å². The van der Waals surface area contributed by atoms with Crippen molar-refractivity contribution in [3.63, 3.8) is 0 Å². The highest BCUT2D eigenvalue weighted by Gasteiger charge is 2.20. The van der Waals surface area contributed by atoms with Crippen LogP contribution in [0.25, 0.3) is 0 Å². The summed E-state index contributed by atoms with van der Waals surface area (Å²) in [6, 6.07) is 17.3. The van der Waals surface area contributed by atoms with Gasteiger partial charge in [0.15, 0.2) is 0 Å². The third-order valence-corrected chi connectivity index (χ3v) is 7.60. The van der Waals surface area contributed by atoms with Gasteiger partial charge < -0.3 is 0 Å². The molecule has 0 amide bonds. The van der Waals surface area contributed by atoms with Crippen molar-refractivity contribution in [1.82, 2.24) is 0 Å². The molecule has 1 saturated carbocycles. The zero-order valence-corrected chi connectivity index (χ0v) is 22.4. The highest BCUT2D eigenvalue weighted by molar-refractivity contribution is 5.46. The SMILES string of the molecule is CCCCCCCC#Cc1ccc(C#Cc2ccc(CCC3CCC(CCCC)CC3)cc2)cc1. The van der Waals surface area contributed by atoms with E-state index in [9.17, 15) is 0 Å². The van der Waals surface area contributed by atoms with Gasteiger partial charge in [-0.1, -0.05) is 120 Å². The van der Waals surface area contributed by atoms with Gasteiger partial charge in [-0.05, 0) is 73.1 Å². The highest BCUT2D eigenvalue weighted by atomic mass is 14.3. The monoisotopic (exact) mass is 466 g/mol. The van der Waals surface area contributed by atoms with E-state index in [4.69, 9.17) is 0 Å². The molecule has 0 atom stereocenters. The fraction of sp³-hybridized carbons (Fsp3) is 0.543. The molecule has 35 heavy (non-hydrogen) atoms. The minimum Gasteiger partial charge on any atom is -0.0979 e. The molecule has 3 rings (SSSR count). The van der Waals surface area contributed by atoms with Crippen LogP contribution in [0.15, 0.2) is 48.5 Å². The molecular weight excluding hydrogens is 420 g/mol. The molecule has 0 radical (unpaired) electrons. The van der Waals surface area contributed by atoms with Gasteiger partial charge in [-0.25, -0.2) is 0 Å². The summed E-state index contributed by atoms with van der Waals surface area (Å²) in [4.78, 5) is 0. The van der Waals surface area contributed by atoms with E-state index in [-0.39, 0.29) is 0 Å². The van der Waals surface area contributed by atoms with Gasteiger partial charge in [0.2, 0.25) is 0 Å². The van der Waals surface area contributed by atoms with Gasteiger partial charge in [0.25, 0.3) is 0 Å². The Morgan fingerprint density at radius 1 is 0.571 bits per heavy atom. The summed E-state index contributed by atoms with van der Waals surface area (Å²) in [5.41, 5.74) is 4.69. The highest BCUT2D eigenvalue weighted by Crippen LogP contribution is 2.34. The molecule has 1 aliphatic rings. The maximum Gasteiger partial charge on any atom is 0.0249 e. The lowest BCUT2D eigenvalue weighted by Gasteiger charge is -2.28. The van der Waals surface area contributed by atoms with Crippen LogP contribution in [0.5, 0.6) is 0 Å². The predicted octanol–water partition coefficient (Wildman–Crippen LogP) is 9.73. The van der Waals surface area contributed by atoms with Gasteiger partial charge in [-0.3, -0.25) is 0 Å². The van der Waals surface area contributed by atoms with Crippen molar-refractivity contribution in [3.05, 3.63) is 70.8 Å². The summed E-state index contributed by atoms with van der Waals surface area (Å²) in [7, 11) is 0. The van der Waals surface area contributed by atoms with Crippen LogP contribution in [-0.4, -0.2) is 0 Å². The van der Waals surface area contributed by atoms with Crippen LogP contribution in [-0.2, 0) is 6.42 Å². The molecule has 0 heteroatoms. The first-order chi connectivity index (χ1) is 17.3. The molecule has 186 valence electrons. The minimum absolute atomic E-state index is 0.936. The van der Waals surface area contributed by atoms with E-state index in [0.717, 1.165) is 34.9 Å². The molecule has 0 aromatic heterocycles. The Balaban J connectivity index is 1.39. The van der Waals surface area contributed by atoms with Gasteiger partial charge in [0.05, 0.1) is 0 Å². The van der Waals surface area contributed by atoms with E-state index in [1.807, 2.05) is 0 Å². The first-order valence-corrected chi connectivity index (χ1v) is 14.5. The van der Waals surface area contributed by atoms with E-state index in [0.29, 0.717) is 0 Å². The second-order valence-electron chi connectivity index (χ2n) is 10.6. The molecule has 0 spiro atoms. The molecule has 0 nitrogen and oxygen atoms in total. The zero-order chi connectivity index (χ0) is 24.6. The average Bonchev–Trinajstić information content (AvgIpc) is 2.91. The largest absolute Gasteiger partial charge is 0.0979 e. The normalized spacial score (nSPS) is 17.2. The van der Waals surface area contributed by atoms with E-state index in [2.05, 4.69) is 86.1 Å². The van der Waals surface area contributed by atoms with Crippen LogP contribution in [0.2, 0.25) is 0 Å². The van der Waals surface area contributed by atoms with Crippen molar-refractivity contribution in [2.24, 2.45) is 11.8 Å². The van der Waals surface area contributed by atoms with Gasteiger partial charge in [0.1, 0.15) is 0 Å². The maximum atomic E-state index is 3.33. The molecule has 1 fully saturated rings. The number of unbranched alkanes of at least 4 members (excludes halogenated alkanes) is 6. The topological polar surface area (TPSA) is 0 Å².